The number of nitrogens with one attached hydrogen (secondary N) is 2. The highest BCUT2D eigenvalue weighted by Gasteiger charge is 2.42. The third kappa shape index (κ3) is 10.2. The summed E-state index contributed by atoms with van der Waals surface area (Å²) in [7, 11) is 3.90. The summed E-state index contributed by atoms with van der Waals surface area (Å²) in [6, 6.07) is 3.87. The van der Waals surface area contributed by atoms with E-state index in [0.29, 0.717) is 48.6 Å². The second-order valence-corrected chi connectivity index (χ2v) is 16.1. The summed E-state index contributed by atoms with van der Waals surface area (Å²) in [5.74, 6) is 11.6. The number of aromatic amines is 1. The number of ether oxygens (including phenoxy) is 3. The highest BCUT2D eigenvalue weighted by Crippen LogP contribution is 2.35. The van der Waals surface area contributed by atoms with Gasteiger partial charge in [-0.3, -0.25) is 19.4 Å². The first kappa shape index (κ1) is 43.2. The molecule has 3 aliphatic heterocycles. The van der Waals surface area contributed by atoms with Crippen molar-refractivity contribution in [2.45, 2.75) is 85.4 Å². The van der Waals surface area contributed by atoms with Gasteiger partial charge >= 0.3 is 18.0 Å². The van der Waals surface area contributed by atoms with Crippen LogP contribution in [0, 0.1) is 53.3 Å². The fourth-order valence-corrected chi connectivity index (χ4v) is 7.71. The third-order valence-electron chi connectivity index (χ3n) is 10.9. The first-order valence-electron chi connectivity index (χ1n) is 19.7. The number of amides is 3. The second kappa shape index (κ2) is 19.0. The van der Waals surface area contributed by atoms with Crippen LogP contribution in [-0.2, 0) is 28.6 Å². The van der Waals surface area contributed by atoms with Crippen molar-refractivity contribution < 1.29 is 38.2 Å². The molecule has 2 fully saturated rings. The molecule has 6 atom stereocenters. The number of benzene rings is 1. The Morgan fingerprint density at radius 1 is 0.862 bits per heavy atom. The van der Waals surface area contributed by atoms with Crippen molar-refractivity contribution >= 4 is 35.6 Å². The first-order valence-corrected chi connectivity index (χ1v) is 19.7. The van der Waals surface area contributed by atoms with Crippen LogP contribution < -0.4 is 5.32 Å². The monoisotopic (exact) mass is 794 g/mol. The zero-order valence-electron chi connectivity index (χ0n) is 34.8. The van der Waals surface area contributed by atoms with Crippen molar-refractivity contribution in [2.75, 3.05) is 34.4 Å². The molecule has 2 saturated heterocycles. The van der Waals surface area contributed by atoms with E-state index in [1.165, 1.54) is 21.3 Å². The number of carbonyl (C=O) groups is 5. The summed E-state index contributed by atoms with van der Waals surface area (Å²) >= 11 is 0. The van der Waals surface area contributed by atoms with E-state index in [0.717, 1.165) is 17.7 Å². The van der Waals surface area contributed by atoms with Crippen LogP contribution in [0.1, 0.15) is 106 Å². The summed E-state index contributed by atoms with van der Waals surface area (Å²) in [4.78, 5) is 80.5. The predicted octanol–water partition coefficient (Wildman–Crippen LogP) is 5.04. The number of esters is 2. The summed E-state index contributed by atoms with van der Waals surface area (Å²) in [5, 5.41) is 2.67. The van der Waals surface area contributed by atoms with Crippen molar-refractivity contribution in [3.63, 3.8) is 0 Å². The zero-order valence-corrected chi connectivity index (χ0v) is 34.8. The Hall–Kier alpha value is -5.89. The average Bonchev–Trinajstić information content (AvgIpc) is 4.03. The zero-order chi connectivity index (χ0) is 42.3. The smallest absolute Gasteiger partial charge is 0.407 e. The average molecular weight is 795 g/mol. The van der Waals surface area contributed by atoms with Gasteiger partial charge in [0, 0.05) is 48.1 Å². The highest BCUT2D eigenvalue weighted by atomic mass is 16.5. The Morgan fingerprint density at radius 2 is 1.55 bits per heavy atom. The Bertz CT molecular complexity index is 2100. The maximum atomic E-state index is 13.7. The summed E-state index contributed by atoms with van der Waals surface area (Å²) < 4.78 is 14.7. The van der Waals surface area contributed by atoms with Crippen LogP contribution in [0.3, 0.4) is 0 Å². The van der Waals surface area contributed by atoms with E-state index in [9.17, 15) is 24.0 Å². The minimum absolute atomic E-state index is 0.0303. The lowest BCUT2D eigenvalue weighted by Gasteiger charge is -2.30. The van der Waals surface area contributed by atoms with E-state index >= 15 is 0 Å². The number of likely N-dealkylation sites (tertiary alicyclic amines) is 2. The number of nitrogens with zero attached hydrogens (tertiary/aromatic N) is 4. The van der Waals surface area contributed by atoms with Crippen molar-refractivity contribution in [1.29, 1.82) is 0 Å². The number of alkyl carbamates (subject to hydrolysis) is 1. The molecular formula is C44H54N6O8. The number of imidazole rings is 1. The molecule has 0 bridgehead atoms. The van der Waals surface area contributed by atoms with Gasteiger partial charge in [0.05, 0.1) is 57.5 Å². The Labute approximate surface area is 340 Å². The Morgan fingerprint density at radius 3 is 2.19 bits per heavy atom. The molecule has 2 aromatic rings. The molecule has 2 N–H and O–H groups in total. The second-order valence-electron chi connectivity index (χ2n) is 16.1. The highest BCUT2D eigenvalue weighted by molar-refractivity contribution is 5.98. The van der Waals surface area contributed by atoms with E-state index in [2.05, 4.69) is 57.8 Å². The lowest BCUT2D eigenvalue weighted by molar-refractivity contribution is -0.148. The van der Waals surface area contributed by atoms with E-state index in [4.69, 9.17) is 14.2 Å². The number of allylic oxidation sites excluding steroid dienone is 1. The van der Waals surface area contributed by atoms with Crippen LogP contribution >= 0.6 is 0 Å². The van der Waals surface area contributed by atoms with Crippen molar-refractivity contribution in [3.05, 3.63) is 64.4 Å². The molecule has 58 heavy (non-hydrogen) atoms. The van der Waals surface area contributed by atoms with Gasteiger partial charge in [0.1, 0.15) is 17.6 Å². The summed E-state index contributed by atoms with van der Waals surface area (Å²) in [6.45, 7) is 12.9. The standard InChI is InChI=1S/C44H54N6O8/c1-25(2)33(20-38(51)56-7)41(52)49-23-27(5)16-36(49)35-19-30(21-45-35)11-10-29-12-13-31(34(18-29)43(54)57-8)14-15-32-22-46-40(47-32)37-17-28(6)24-50(37)42(53)39(26(3)4)48-44(55)58-9/h12-13,18,21-22,25-28,33,36-37,39H,16-17,19-20,23-24H2,1-9H3,(H,46,47)(H,48,55)/t27-,28-,33-,36-,37-,39-/m0/s1. The molecule has 0 radical (unpaired) electrons. The molecule has 1 aromatic heterocycles. The number of H-pyrrole nitrogens is 1. The molecule has 5 rings (SSSR count). The maximum Gasteiger partial charge on any atom is 0.407 e. The molecule has 0 aliphatic carbocycles. The fraction of sp³-hybridized carbons (Fsp3) is 0.523. The lowest BCUT2D eigenvalue weighted by Crippen LogP contribution is -2.51. The summed E-state index contributed by atoms with van der Waals surface area (Å²) in [5.41, 5.74) is 3.41. The topological polar surface area (TPSA) is 173 Å². The van der Waals surface area contributed by atoms with Gasteiger partial charge in [-0.05, 0) is 60.6 Å². The number of methoxy groups -OCH3 is 3. The fourth-order valence-electron chi connectivity index (χ4n) is 7.71. The van der Waals surface area contributed by atoms with Gasteiger partial charge in [-0.1, -0.05) is 59.3 Å². The number of carbonyl (C=O) groups excluding carboxylic acids is 5. The molecule has 4 heterocycles. The van der Waals surface area contributed by atoms with E-state index in [1.54, 1.807) is 35.5 Å². The van der Waals surface area contributed by atoms with Gasteiger partial charge in [0.25, 0.3) is 0 Å². The molecule has 3 aliphatic rings. The van der Waals surface area contributed by atoms with Crippen LogP contribution in [0.15, 0.2) is 41.2 Å². The molecule has 1 aromatic carbocycles. The largest absolute Gasteiger partial charge is 0.469 e. The van der Waals surface area contributed by atoms with Crippen molar-refractivity contribution in [3.8, 4) is 23.7 Å². The molecule has 3 amide bonds. The molecule has 0 saturated carbocycles. The molecule has 14 nitrogen and oxygen atoms in total. The van der Waals surface area contributed by atoms with Crippen LogP contribution in [-0.4, -0.2) is 102 Å². The summed E-state index contributed by atoms with van der Waals surface area (Å²) in [6.07, 6.45) is 4.64. The molecule has 308 valence electrons. The van der Waals surface area contributed by atoms with Crippen molar-refractivity contribution in [1.82, 2.24) is 25.1 Å². The van der Waals surface area contributed by atoms with Crippen LogP contribution in [0.4, 0.5) is 4.79 Å². The van der Waals surface area contributed by atoms with Crippen molar-refractivity contribution in [2.24, 2.45) is 34.6 Å². The molecule has 0 unspecified atom stereocenters. The molecule has 14 heteroatoms. The Kier molecular flexibility index (Phi) is 14.2. The van der Waals surface area contributed by atoms with Gasteiger partial charge in [-0.2, -0.15) is 0 Å². The number of hydrogen-bond acceptors (Lipinski definition) is 10. The minimum atomic E-state index is -0.757. The number of aliphatic imine (C=N–C) groups is 1. The van der Waals surface area contributed by atoms with Crippen LogP contribution in [0.25, 0.3) is 0 Å². The van der Waals surface area contributed by atoms with Gasteiger partial charge in [-0.15, -0.1) is 0 Å². The lowest BCUT2D eigenvalue weighted by atomic mass is 9.90. The number of rotatable bonds is 10. The van der Waals surface area contributed by atoms with Gasteiger partial charge in [0.15, 0.2) is 0 Å². The normalized spacial score (nSPS) is 20.9. The van der Waals surface area contributed by atoms with E-state index in [-0.39, 0.29) is 59.6 Å². The van der Waals surface area contributed by atoms with Gasteiger partial charge < -0.3 is 34.3 Å². The minimum Gasteiger partial charge on any atom is -0.469 e. The van der Waals surface area contributed by atoms with Gasteiger partial charge in [0.2, 0.25) is 11.8 Å². The number of aromatic nitrogens is 2. The number of hydrogen-bond donors (Lipinski definition) is 2. The first-order chi connectivity index (χ1) is 27.6. The molecule has 0 spiro atoms. The van der Waals surface area contributed by atoms with Crippen LogP contribution in [0.2, 0.25) is 0 Å². The maximum absolute atomic E-state index is 13.7. The Balaban J connectivity index is 1.28. The van der Waals surface area contributed by atoms with Gasteiger partial charge in [-0.25, -0.2) is 14.6 Å². The van der Waals surface area contributed by atoms with E-state index in [1.807, 2.05) is 32.6 Å². The predicted molar refractivity (Wildman–Crippen MR) is 216 cm³/mol. The SMILES string of the molecule is COC(=O)C[C@H](C(=O)N1C[C@@H](C)C[C@H]1C1=NC=C(C#Cc2ccc(C#Cc3cnc([C@@H]4C[C@H](C)CN4C(=O)[C@@H](NC(=O)OC)C(C)C)[nH]3)c(C(=O)OC)c2)C1)C(C)C. The van der Waals surface area contributed by atoms with E-state index < -0.39 is 30.0 Å². The quantitative estimate of drug-likeness (QED) is 0.190. The molecular weight excluding hydrogens is 741 g/mol. The van der Waals surface area contributed by atoms with Crippen LogP contribution in [0.5, 0.6) is 0 Å². The third-order valence-corrected chi connectivity index (χ3v) is 10.9.